The topological polar surface area (TPSA) is 68.0 Å². The van der Waals surface area contributed by atoms with Gasteiger partial charge in [-0.3, -0.25) is 4.79 Å². The second-order valence-electron chi connectivity index (χ2n) is 4.16. The van der Waals surface area contributed by atoms with Crippen molar-refractivity contribution in [1.29, 1.82) is 0 Å². The number of aryl methyl sites for hydroxylation is 2. The first kappa shape index (κ1) is 10.1. The van der Waals surface area contributed by atoms with E-state index >= 15 is 0 Å². The molecule has 0 aromatic carbocycles. The van der Waals surface area contributed by atoms with Gasteiger partial charge in [-0.2, -0.15) is 5.10 Å². The predicted molar refractivity (Wildman–Crippen MR) is 53.5 cm³/mol. The average Bonchev–Trinajstić information content (AvgIpc) is 2.56. The number of carboxylic acid groups (broad SMARTS) is 1. The summed E-state index contributed by atoms with van der Waals surface area (Å²) in [5.74, 6) is 1.54. The summed E-state index contributed by atoms with van der Waals surface area (Å²) in [6.45, 7) is 3.12. The molecule has 0 saturated carbocycles. The van der Waals surface area contributed by atoms with Crippen molar-refractivity contribution >= 4 is 5.97 Å². The fourth-order valence-corrected chi connectivity index (χ4v) is 1.84. The fraction of sp³-hybridized carbons (Fsp3) is 0.700. The van der Waals surface area contributed by atoms with Crippen LogP contribution in [0.2, 0.25) is 0 Å². The first-order chi connectivity index (χ1) is 7.15. The van der Waals surface area contributed by atoms with Gasteiger partial charge in [-0.15, -0.1) is 0 Å². The van der Waals surface area contributed by atoms with E-state index in [1.54, 1.807) is 0 Å². The van der Waals surface area contributed by atoms with Crippen LogP contribution in [0.25, 0.3) is 0 Å². The minimum atomic E-state index is -0.795. The summed E-state index contributed by atoms with van der Waals surface area (Å²) in [5.41, 5.74) is 0. The van der Waals surface area contributed by atoms with Crippen molar-refractivity contribution in [3.63, 3.8) is 0 Å². The van der Waals surface area contributed by atoms with E-state index in [2.05, 4.69) is 17.0 Å². The van der Waals surface area contributed by atoms with Gasteiger partial charge in [0.2, 0.25) is 0 Å². The van der Waals surface area contributed by atoms with Crippen LogP contribution in [-0.4, -0.2) is 25.8 Å². The quantitative estimate of drug-likeness (QED) is 0.802. The van der Waals surface area contributed by atoms with Crippen LogP contribution in [-0.2, 0) is 24.2 Å². The zero-order valence-corrected chi connectivity index (χ0v) is 8.81. The highest BCUT2D eigenvalue weighted by Crippen LogP contribution is 2.18. The van der Waals surface area contributed by atoms with Crippen LogP contribution in [0.1, 0.15) is 31.4 Å². The van der Waals surface area contributed by atoms with Crippen molar-refractivity contribution in [2.75, 3.05) is 0 Å². The molecule has 5 heteroatoms. The summed E-state index contributed by atoms with van der Waals surface area (Å²) < 4.78 is 1.91. The molecule has 0 amide bonds. The van der Waals surface area contributed by atoms with Gasteiger partial charge < -0.3 is 5.11 Å². The molecule has 1 aliphatic rings. The molecule has 0 spiro atoms. The van der Waals surface area contributed by atoms with Gasteiger partial charge in [0.15, 0.2) is 5.82 Å². The van der Waals surface area contributed by atoms with E-state index in [9.17, 15) is 4.79 Å². The summed E-state index contributed by atoms with van der Waals surface area (Å²) in [5, 5.41) is 12.9. The van der Waals surface area contributed by atoms with Gasteiger partial charge in [-0.05, 0) is 12.3 Å². The Labute approximate surface area is 88.1 Å². The van der Waals surface area contributed by atoms with Crippen molar-refractivity contribution in [2.45, 2.75) is 39.2 Å². The molecule has 5 nitrogen and oxygen atoms in total. The SMILES string of the molecule is CC1CCn2nc(CCC(=O)O)nc2C1. The Morgan fingerprint density at radius 1 is 1.67 bits per heavy atom. The number of aromatic nitrogens is 3. The summed E-state index contributed by atoms with van der Waals surface area (Å²) in [4.78, 5) is 14.8. The van der Waals surface area contributed by atoms with Gasteiger partial charge in [0, 0.05) is 19.4 Å². The van der Waals surface area contributed by atoms with Crippen molar-refractivity contribution < 1.29 is 9.90 Å². The molecule has 0 radical (unpaired) electrons. The van der Waals surface area contributed by atoms with Crippen LogP contribution in [0, 0.1) is 5.92 Å². The number of fused-ring (bicyclic) bond motifs is 1. The molecule has 1 unspecified atom stereocenters. The minimum Gasteiger partial charge on any atom is -0.481 e. The summed E-state index contributed by atoms with van der Waals surface area (Å²) in [7, 11) is 0. The van der Waals surface area contributed by atoms with E-state index in [1.165, 1.54) is 0 Å². The van der Waals surface area contributed by atoms with Gasteiger partial charge in [-0.1, -0.05) is 6.92 Å². The van der Waals surface area contributed by atoms with Crippen molar-refractivity contribution in [3.8, 4) is 0 Å². The molecule has 0 fully saturated rings. The Balaban J connectivity index is 2.06. The lowest BCUT2D eigenvalue weighted by atomic mass is 10.0. The first-order valence-electron chi connectivity index (χ1n) is 5.29. The molecule has 1 aromatic rings. The molecule has 1 N–H and O–H groups in total. The number of rotatable bonds is 3. The van der Waals surface area contributed by atoms with E-state index in [4.69, 9.17) is 5.11 Å². The average molecular weight is 209 g/mol. The van der Waals surface area contributed by atoms with Crippen molar-refractivity contribution in [2.24, 2.45) is 5.92 Å². The summed E-state index contributed by atoms with van der Waals surface area (Å²) in [6, 6.07) is 0. The number of nitrogens with zero attached hydrogens (tertiary/aromatic N) is 3. The highest BCUT2D eigenvalue weighted by molar-refractivity contribution is 5.66. The van der Waals surface area contributed by atoms with Gasteiger partial charge in [0.05, 0.1) is 6.42 Å². The van der Waals surface area contributed by atoms with Crippen LogP contribution in [0.15, 0.2) is 0 Å². The molecular formula is C10H15N3O2. The van der Waals surface area contributed by atoms with Gasteiger partial charge >= 0.3 is 5.97 Å². The Morgan fingerprint density at radius 3 is 3.20 bits per heavy atom. The van der Waals surface area contributed by atoms with E-state index < -0.39 is 5.97 Å². The highest BCUT2D eigenvalue weighted by atomic mass is 16.4. The maximum atomic E-state index is 10.4. The molecule has 1 atom stereocenters. The Hall–Kier alpha value is -1.39. The molecule has 15 heavy (non-hydrogen) atoms. The van der Waals surface area contributed by atoms with E-state index in [-0.39, 0.29) is 6.42 Å². The monoisotopic (exact) mass is 209 g/mol. The smallest absolute Gasteiger partial charge is 0.303 e. The second kappa shape index (κ2) is 4.00. The molecule has 2 rings (SSSR count). The number of hydrogen-bond acceptors (Lipinski definition) is 3. The molecule has 0 bridgehead atoms. The third-order valence-corrected chi connectivity index (χ3v) is 2.72. The first-order valence-corrected chi connectivity index (χ1v) is 5.29. The lowest BCUT2D eigenvalue weighted by molar-refractivity contribution is -0.137. The van der Waals surface area contributed by atoms with E-state index in [1.807, 2.05) is 4.68 Å². The minimum absolute atomic E-state index is 0.110. The molecule has 1 aromatic heterocycles. The number of carboxylic acids is 1. The van der Waals surface area contributed by atoms with Gasteiger partial charge in [0.25, 0.3) is 0 Å². The third kappa shape index (κ3) is 2.34. The largest absolute Gasteiger partial charge is 0.481 e. The second-order valence-corrected chi connectivity index (χ2v) is 4.16. The normalized spacial score (nSPS) is 19.9. The van der Waals surface area contributed by atoms with Gasteiger partial charge in [-0.25, -0.2) is 9.67 Å². The van der Waals surface area contributed by atoms with Crippen LogP contribution in [0.5, 0.6) is 0 Å². The van der Waals surface area contributed by atoms with Crippen LogP contribution in [0.3, 0.4) is 0 Å². The highest BCUT2D eigenvalue weighted by Gasteiger charge is 2.18. The lowest BCUT2D eigenvalue weighted by Gasteiger charge is -2.17. The fourth-order valence-electron chi connectivity index (χ4n) is 1.84. The molecule has 82 valence electrons. The Morgan fingerprint density at radius 2 is 2.47 bits per heavy atom. The van der Waals surface area contributed by atoms with Crippen LogP contribution >= 0.6 is 0 Å². The predicted octanol–water partition coefficient (Wildman–Crippen LogP) is 0.878. The number of aliphatic carboxylic acids is 1. The maximum absolute atomic E-state index is 10.4. The summed E-state index contributed by atoms with van der Waals surface area (Å²) in [6.07, 6.45) is 2.64. The Kier molecular flexibility index (Phi) is 2.70. The zero-order chi connectivity index (χ0) is 10.8. The Bertz CT molecular complexity index is 373. The third-order valence-electron chi connectivity index (χ3n) is 2.72. The molecular weight excluding hydrogens is 194 g/mol. The standard InChI is InChI=1S/C10H15N3O2/c1-7-4-5-13-9(6-7)11-8(12-13)2-3-10(14)15/h7H,2-6H2,1H3,(H,14,15). The molecule has 0 saturated heterocycles. The van der Waals surface area contributed by atoms with E-state index in [0.29, 0.717) is 18.2 Å². The maximum Gasteiger partial charge on any atom is 0.303 e. The lowest BCUT2D eigenvalue weighted by Crippen LogP contribution is -2.18. The summed E-state index contributed by atoms with van der Waals surface area (Å²) >= 11 is 0. The van der Waals surface area contributed by atoms with Crippen molar-refractivity contribution in [1.82, 2.24) is 14.8 Å². The van der Waals surface area contributed by atoms with Gasteiger partial charge in [0.1, 0.15) is 5.82 Å². The van der Waals surface area contributed by atoms with Crippen molar-refractivity contribution in [3.05, 3.63) is 11.6 Å². The molecule has 0 aliphatic carbocycles. The molecule has 1 aliphatic heterocycles. The zero-order valence-electron chi connectivity index (χ0n) is 8.81. The number of hydrogen-bond donors (Lipinski definition) is 1. The number of carbonyl (C=O) groups is 1. The van der Waals surface area contributed by atoms with Crippen LogP contribution < -0.4 is 0 Å². The molecule has 2 heterocycles. The van der Waals surface area contributed by atoms with E-state index in [0.717, 1.165) is 25.2 Å². The van der Waals surface area contributed by atoms with Crippen LogP contribution in [0.4, 0.5) is 0 Å².